The van der Waals surface area contributed by atoms with E-state index in [2.05, 4.69) is 4.98 Å². The van der Waals surface area contributed by atoms with E-state index in [1.165, 1.54) is 75.6 Å². The molecule has 1 aromatic rings. The van der Waals surface area contributed by atoms with Crippen molar-refractivity contribution in [1.82, 2.24) is 4.98 Å². The highest BCUT2D eigenvalue weighted by Gasteiger charge is 2.20. The second-order valence-electron chi connectivity index (χ2n) is 6.40. The Bertz CT molecular complexity index is 425. The Morgan fingerprint density at radius 2 is 1.16 bits per heavy atom. The minimum atomic E-state index is 0.208. The number of aromatic amines is 1. The number of aromatic nitrogens is 1. The first-order chi connectivity index (χ1) is 9.33. The van der Waals surface area contributed by atoms with Crippen LogP contribution >= 0.6 is 0 Å². The zero-order chi connectivity index (χ0) is 13.1. The molecule has 2 fully saturated rings. The van der Waals surface area contributed by atoms with Crippen molar-refractivity contribution in [2.45, 2.75) is 76.0 Å². The SMILES string of the molecule is O=c1cc(C2CCCCC2)[nH]c(C2CCCCC2)c1. The monoisotopic (exact) mass is 259 g/mol. The first kappa shape index (κ1) is 13.0. The van der Waals surface area contributed by atoms with Crippen molar-refractivity contribution in [2.75, 3.05) is 0 Å². The van der Waals surface area contributed by atoms with Crippen molar-refractivity contribution in [3.63, 3.8) is 0 Å². The smallest absolute Gasteiger partial charge is 0.182 e. The largest absolute Gasteiger partial charge is 0.362 e. The summed E-state index contributed by atoms with van der Waals surface area (Å²) in [6.07, 6.45) is 13.0. The molecule has 0 spiro atoms. The van der Waals surface area contributed by atoms with E-state index in [-0.39, 0.29) is 5.43 Å². The van der Waals surface area contributed by atoms with E-state index in [1.54, 1.807) is 0 Å². The van der Waals surface area contributed by atoms with Gasteiger partial charge in [-0.1, -0.05) is 38.5 Å². The Morgan fingerprint density at radius 1 is 0.737 bits per heavy atom. The predicted molar refractivity (Wildman–Crippen MR) is 78.7 cm³/mol. The fourth-order valence-electron chi connectivity index (χ4n) is 3.85. The number of nitrogens with one attached hydrogen (secondary N) is 1. The minimum absolute atomic E-state index is 0.208. The summed E-state index contributed by atoms with van der Waals surface area (Å²) in [5, 5.41) is 0. The molecule has 0 aliphatic heterocycles. The van der Waals surface area contributed by atoms with Crippen molar-refractivity contribution in [1.29, 1.82) is 0 Å². The molecule has 19 heavy (non-hydrogen) atoms. The van der Waals surface area contributed by atoms with Gasteiger partial charge in [-0.05, 0) is 37.5 Å². The van der Waals surface area contributed by atoms with Crippen LogP contribution in [-0.2, 0) is 0 Å². The lowest BCUT2D eigenvalue weighted by molar-refractivity contribution is 0.421. The average molecular weight is 259 g/mol. The maximum Gasteiger partial charge on any atom is 0.182 e. The van der Waals surface area contributed by atoms with E-state index in [0.717, 1.165) is 0 Å². The lowest BCUT2D eigenvalue weighted by Gasteiger charge is -2.25. The topological polar surface area (TPSA) is 32.9 Å². The summed E-state index contributed by atoms with van der Waals surface area (Å²) in [4.78, 5) is 15.6. The maximum absolute atomic E-state index is 12.0. The molecule has 1 heterocycles. The molecule has 0 amide bonds. The third-order valence-corrected chi connectivity index (χ3v) is 4.97. The molecule has 3 rings (SSSR count). The summed E-state index contributed by atoms with van der Waals surface area (Å²) in [6, 6.07) is 3.70. The molecule has 2 heteroatoms. The van der Waals surface area contributed by atoms with Crippen LogP contribution in [0.15, 0.2) is 16.9 Å². The predicted octanol–water partition coefficient (Wildman–Crippen LogP) is 4.47. The zero-order valence-corrected chi connectivity index (χ0v) is 11.8. The molecule has 2 aliphatic carbocycles. The van der Waals surface area contributed by atoms with E-state index < -0.39 is 0 Å². The molecule has 1 aromatic heterocycles. The van der Waals surface area contributed by atoms with Gasteiger partial charge in [0.15, 0.2) is 5.43 Å². The average Bonchev–Trinajstić information content (AvgIpc) is 2.48. The Labute approximate surface area is 115 Å². The van der Waals surface area contributed by atoms with Gasteiger partial charge >= 0.3 is 0 Å². The van der Waals surface area contributed by atoms with Gasteiger partial charge in [0.1, 0.15) is 0 Å². The molecule has 0 atom stereocenters. The summed E-state index contributed by atoms with van der Waals surface area (Å²) in [7, 11) is 0. The van der Waals surface area contributed by atoms with Gasteiger partial charge in [0.2, 0.25) is 0 Å². The Balaban J connectivity index is 1.84. The number of H-pyrrole nitrogens is 1. The third-order valence-electron chi connectivity index (χ3n) is 4.97. The van der Waals surface area contributed by atoms with Gasteiger partial charge in [-0.15, -0.1) is 0 Å². The number of hydrogen-bond acceptors (Lipinski definition) is 1. The number of hydrogen-bond donors (Lipinski definition) is 1. The summed E-state index contributed by atoms with van der Waals surface area (Å²) < 4.78 is 0. The highest BCUT2D eigenvalue weighted by atomic mass is 16.1. The van der Waals surface area contributed by atoms with Gasteiger partial charge in [-0.2, -0.15) is 0 Å². The van der Waals surface area contributed by atoms with Crippen LogP contribution in [-0.4, -0.2) is 4.98 Å². The fourth-order valence-corrected chi connectivity index (χ4v) is 3.85. The minimum Gasteiger partial charge on any atom is -0.362 e. The van der Waals surface area contributed by atoms with Gasteiger partial charge in [0, 0.05) is 23.5 Å². The molecule has 1 N–H and O–H groups in total. The molecule has 0 radical (unpaired) electrons. The molecular weight excluding hydrogens is 234 g/mol. The summed E-state index contributed by atoms with van der Waals surface area (Å²) in [5.41, 5.74) is 2.64. The molecule has 2 saturated carbocycles. The lowest BCUT2D eigenvalue weighted by Crippen LogP contribution is -2.16. The highest BCUT2D eigenvalue weighted by molar-refractivity contribution is 5.18. The van der Waals surface area contributed by atoms with Crippen LogP contribution in [0.5, 0.6) is 0 Å². The number of rotatable bonds is 2. The molecule has 2 nitrogen and oxygen atoms in total. The van der Waals surface area contributed by atoms with Crippen LogP contribution in [0.2, 0.25) is 0 Å². The van der Waals surface area contributed by atoms with Crippen LogP contribution in [0.1, 0.15) is 87.4 Å². The van der Waals surface area contributed by atoms with Crippen LogP contribution in [0, 0.1) is 0 Å². The molecule has 0 unspecified atom stereocenters. The highest BCUT2D eigenvalue weighted by Crippen LogP contribution is 2.34. The van der Waals surface area contributed by atoms with Crippen molar-refractivity contribution in [2.24, 2.45) is 0 Å². The molecule has 0 aromatic carbocycles. The fraction of sp³-hybridized carbons (Fsp3) is 0.706. The van der Waals surface area contributed by atoms with Crippen LogP contribution < -0.4 is 5.43 Å². The van der Waals surface area contributed by atoms with Gasteiger partial charge in [-0.3, -0.25) is 4.79 Å². The Morgan fingerprint density at radius 3 is 1.58 bits per heavy atom. The Hall–Kier alpha value is -1.05. The lowest BCUT2D eigenvalue weighted by atomic mass is 9.84. The quantitative estimate of drug-likeness (QED) is 0.835. The van der Waals surface area contributed by atoms with Gasteiger partial charge in [-0.25, -0.2) is 0 Å². The normalized spacial score (nSPS) is 22.5. The van der Waals surface area contributed by atoms with Gasteiger partial charge in [0.25, 0.3) is 0 Å². The Kier molecular flexibility index (Phi) is 4.05. The first-order valence-electron chi connectivity index (χ1n) is 8.07. The van der Waals surface area contributed by atoms with Crippen LogP contribution in [0.25, 0.3) is 0 Å². The van der Waals surface area contributed by atoms with Crippen LogP contribution in [0.3, 0.4) is 0 Å². The molecular formula is C17H25NO. The van der Waals surface area contributed by atoms with E-state index >= 15 is 0 Å². The second kappa shape index (κ2) is 5.94. The molecule has 104 valence electrons. The molecule has 2 aliphatic rings. The van der Waals surface area contributed by atoms with Crippen molar-refractivity contribution in [3.8, 4) is 0 Å². The summed E-state index contributed by atoms with van der Waals surface area (Å²) >= 11 is 0. The van der Waals surface area contributed by atoms with E-state index in [1.807, 2.05) is 12.1 Å². The van der Waals surface area contributed by atoms with E-state index in [0.29, 0.717) is 11.8 Å². The van der Waals surface area contributed by atoms with Crippen molar-refractivity contribution < 1.29 is 0 Å². The van der Waals surface area contributed by atoms with Crippen molar-refractivity contribution >= 4 is 0 Å². The maximum atomic E-state index is 12.0. The third kappa shape index (κ3) is 3.10. The zero-order valence-electron chi connectivity index (χ0n) is 11.8. The van der Waals surface area contributed by atoms with Gasteiger partial charge < -0.3 is 4.98 Å². The van der Waals surface area contributed by atoms with E-state index in [9.17, 15) is 4.79 Å². The van der Waals surface area contributed by atoms with Crippen molar-refractivity contribution in [3.05, 3.63) is 33.7 Å². The summed E-state index contributed by atoms with van der Waals surface area (Å²) in [5.74, 6) is 1.20. The number of pyridine rings is 1. The molecule has 0 saturated heterocycles. The first-order valence-corrected chi connectivity index (χ1v) is 8.07. The standard InChI is InChI=1S/C17H25NO/c19-15-11-16(13-7-3-1-4-8-13)18-17(12-15)14-9-5-2-6-10-14/h11-14H,1-10H2,(H,18,19). The second-order valence-corrected chi connectivity index (χ2v) is 6.40. The van der Waals surface area contributed by atoms with E-state index in [4.69, 9.17) is 0 Å². The molecule has 0 bridgehead atoms. The summed E-state index contributed by atoms with van der Waals surface area (Å²) in [6.45, 7) is 0. The van der Waals surface area contributed by atoms with Gasteiger partial charge in [0.05, 0.1) is 0 Å². The van der Waals surface area contributed by atoms with Crippen LogP contribution in [0.4, 0.5) is 0 Å².